The van der Waals surface area contributed by atoms with Crippen molar-refractivity contribution in [2.75, 3.05) is 11.9 Å². The van der Waals surface area contributed by atoms with Crippen molar-refractivity contribution in [2.24, 2.45) is 0 Å². The van der Waals surface area contributed by atoms with Gasteiger partial charge in [-0.1, -0.05) is 6.92 Å². The van der Waals surface area contributed by atoms with Gasteiger partial charge in [0.25, 0.3) is 0 Å². The van der Waals surface area contributed by atoms with Crippen LogP contribution in [0.1, 0.15) is 46.5 Å². The molecule has 1 aliphatic heterocycles. The van der Waals surface area contributed by atoms with Crippen LogP contribution in [-0.4, -0.2) is 29.6 Å². The second kappa shape index (κ2) is 7.34. The monoisotopic (exact) mass is 290 g/mol. The normalized spacial score (nSPS) is 18.7. The van der Waals surface area contributed by atoms with Gasteiger partial charge in [0.15, 0.2) is 0 Å². The van der Waals surface area contributed by atoms with E-state index in [0.717, 1.165) is 37.2 Å². The SMILES string of the molecule is CCC1CCCCN1C(=O)Nc1ccc(OC(C)C)cc1. The summed E-state index contributed by atoms with van der Waals surface area (Å²) in [6.45, 7) is 7.00. The molecule has 1 aliphatic rings. The van der Waals surface area contributed by atoms with Crippen LogP contribution in [0.15, 0.2) is 24.3 Å². The fourth-order valence-corrected chi connectivity index (χ4v) is 2.78. The van der Waals surface area contributed by atoms with Gasteiger partial charge >= 0.3 is 6.03 Å². The number of likely N-dealkylation sites (tertiary alicyclic amines) is 1. The van der Waals surface area contributed by atoms with Crippen LogP contribution in [0.2, 0.25) is 0 Å². The van der Waals surface area contributed by atoms with Crippen molar-refractivity contribution in [2.45, 2.75) is 58.6 Å². The fraction of sp³-hybridized carbons (Fsp3) is 0.588. The zero-order valence-electron chi connectivity index (χ0n) is 13.3. The largest absolute Gasteiger partial charge is 0.491 e. The summed E-state index contributed by atoms with van der Waals surface area (Å²) in [4.78, 5) is 14.4. The number of carbonyl (C=O) groups excluding carboxylic acids is 1. The number of nitrogens with one attached hydrogen (secondary N) is 1. The summed E-state index contributed by atoms with van der Waals surface area (Å²) in [5, 5.41) is 2.99. The number of hydrogen-bond donors (Lipinski definition) is 1. The van der Waals surface area contributed by atoms with Crippen molar-refractivity contribution in [3.8, 4) is 5.75 Å². The van der Waals surface area contributed by atoms with E-state index in [-0.39, 0.29) is 12.1 Å². The first-order valence-corrected chi connectivity index (χ1v) is 7.94. The van der Waals surface area contributed by atoms with E-state index in [2.05, 4.69) is 12.2 Å². The van der Waals surface area contributed by atoms with Crippen LogP contribution < -0.4 is 10.1 Å². The topological polar surface area (TPSA) is 41.6 Å². The molecule has 0 aromatic heterocycles. The summed E-state index contributed by atoms with van der Waals surface area (Å²) >= 11 is 0. The molecule has 1 fully saturated rings. The zero-order chi connectivity index (χ0) is 15.2. The van der Waals surface area contributed by atoms with Crippen LogP contribution in [0.5, 0.6) is 5.75 Å². The highest BCUT2D eigenvalue weighted by atomic mass is 16.5. The lowest BCUT2D eigenvalue weighted by atomic mass is 10.0. The summed E-state index contributed by atoms with van der Waals surface area (Å²) in [6, 6.07) is 7.95. The predicted octanol–water partition coefficient (Wildman–Crippen LogP) is 4.27. The molecule has 1 N–H and O–H groups in total. The molecule has 2 amide bonds. The number of anilines is 1. The van der Waals surface area contributed by atoms with Gasteiger partial charge in [-0.25, -0.2) is 4.79 Å². The number of amides is 2. The average Bonchev–Trinajstić information content (AvgIpc) is 2.48. The van der Waals surface area contributed by atoms with Gasteiger partial charge in [0.2, 0.25) is 0 Å². The van der Waals surface area contributed by atoms with Gasteiger partial charge in [0.1, 0.15) is 5.75 Å². The summed E-state index contributed by atoms with van der Waals surface area (Å²) < 4.78 is 5.60. The molecule has 2 rings (SSSR count). The second-order valence-electron chi connectivity index (χ2n) is 5.87. The summed E-state index contributed by atoms with van der Waals surface area (Å²) in [5.41, 5.74) is 0.816. The Bertz CT molecular complexity index is 456. The number of piperidine rings is 1. The number of nitrogens with zero attached hydrogens (tertiary/aromatic N) is 1. The van der Waals surface area contributed by atoms with Gasteiger partial charge < -0.3 is 15.0 Å². The number of rotatable bonds is 4. The van der Waals surface area contributed by atoms with E-state index in [0.29, 0.717) is 6.04 Å². The number of hydrogen-bond acceptors (Lipinski definition) is 2. The summed E-state index contributed by atoms with van der Waals surface area (Å²) in [5.74, 6) is 0.826. The molecule has 0 aliphatic carbocycles. The maximum Gasteiger partial charge on any atom is 0.322 e. The fourth-order valence-electron chi connectivity index (χ4n) is 2.78. The van der Waals surface area contributed by atoms with Gasteiger partial charge in [-0.2, -0.15) is 0 Å². The molecule has 1 aromatic carbocycles. The minimum Gasteiger partial charge on any atom is -0.491 e. The first-order valence-electron chi connectivity index (χ1n) is 7.94. The van der Waals surface area contributed by atoms with Crippen LogP contribution in [0.3, 0.4) is 0 Å². The Kier molecular flexibility index (Phi) is 5.48. The van der Waals surface area contributed by atoms with E-state index in [9.17, 15) is 4.79 Å². The van der Waals surface area contributed by atoms with E-state index in [1.807, 2.05) is 43.0 Å². The number of urea groups is 1. The minimum atomic E-state index is 0.0130. The third-order valence-corrected chi connectivity index (χ3v) is 3.84. The van der Waals surface area contributed by atoms with Crippen LogP contribution in [-0.2, 0) is 0 Å². The van der Waals surface area contributed by atoms with E-state index < -0.39 is 0 Å². The average molecular weight is 290 g/mol. The van der Waals surface area contributed by atoms with Crippen LogP contribution >= 0.6 is 0 Å². The van der Waals surface area contributed by atoms with Crippen molar-refractivity contribution in [1.82, 2.24) is 4.90 Å². The van der Waals surface area contributed by atoms with Gasteiger partial charge in [0, 0.05) is 18.3 Å². The molecule has 4 nitrogen and oxygen atoms in total. The third kappa shape index (κ3) is 4.38. The Morgan fingerprint density at radius 2 is 2.05 bits per heavy atom. The molecule has 0 saturated carbocycles. The molecule has 1 atom stereocenters. The standard InChI is InChI=1S/C17H26N2O2/c1-4-15-7-5-6-12-19(15)17(20)18-14-8-10-16(11-9-14)21-13(2)3/h8-11,13,15H,4-7,12H2,1-3H3,(H,18,20). The molecule has 1 unspecified atom stereocenters. The highest BCUT2D eigenvalue weighted by Crippen LogP contribution is 2.22. The van der Waals surface area contributed by atoms with Crippen molar-refractivity contribution in [1.29, 1.82) is 0 Å². The Labute approximate surface area is 127 Å². The number of carbonyl (C=O) groups is 1. The third-order valence-electron chi connectivity index (χ3n) is 3.84. The second-order valence-corrected chi connectivity index (χ2v) is 5.87. The molecule has 1 heterocycles. The predicted molar refractivity (Wildman–Crippen MR) is 85.9 cm³/mol. The quantitative estimate of drug-likeness (QED) is 0.899. The minimum absolute atomic E-state index is 0.0130. The van der Waals surface area contributed by atoms with Crippen LogP contribution in [0.4, 0.5) is 10.5 Å². The Morgan fingerprint density at radius 1 is 1.33 bits per heavy atom. The molecule has 116 valence electrons. The Balaban J connectivity index is 1.95. The first kappa shape index (κ1) is 15.7. The lowest BCUT2D eigenvalue weighted by molar-refractivity contribution is 0.160. The van der Waals surface area contributed by atoms with Crippen molar-refractivity contribution < 1.29 is 9.53 Å². The highest BCUT2D eigenvalue weighted by molar-refractivity contribution is 5.89. The molecule has 0 radical (unpaired) electrons. The number of ether oxygens (including phenoxy) is 1. The van der Waals surface area contributed by atoms with Gasteiger partial charge in [-0.3, -0.25) is 0 Å². The van der Waals surface area contributed by atoms with Crippen LogP contribution in [0, 0.1) is 0 Å². The van der Waals surface area contributed by atoms with Gasteiger partial charge in [-0.15, -0.1) is 0 Å². The molecule has 21 heavy (non-hydrogen) atoms. The van der Waals surface area contributed by atoms with E-state index in [4.69, 9.17) is 4.74 Å². The molecular formula is C17H26N2O2. The van der Waals surface area contributed by atoms with Gasteiger partial charge in [-0.05, 0) is 63.8 Å². The Morgan fingerprint density at radius 3 is 2.67 bits per heavy atom. The number of benzene rings is 1. The van der Waals surface area contributed by atoms with Crippen molar-refractivity contribution in [3.05, 3.63) is 24.3 Å². The van der Waals surface area contributed by atoms with Crippen molar-refractivity contribution in [3.63, 3.8) is 0 Å². The summed E-state index contributed by atoms with van der Waals surface area (Å²) in [6.07, 6.45) is 4.62. The summed E-state index contributed by atoms with van der Waals surface area (Å²) in [7, 11) is 0. The lowest BCUT2D eigenvalue weighted by Gasteiger charge is -2.35. The van der Waals surface area contributed by atoms with E-state index in [1.165, 1.54) is 6.42 Å². The molecular weight excluding hydrogens is 264 g/mol. The zero-order valence-corrected chi connectivity index (χ0v) is 13.3. The lowest BCUT2D eigenvalue weighted by Crippen LogP contribution is -2.45. The Hall–Kier alpha value is -1.71. The van der Waals surface area contributed by atoms with Gasteiger partial charge in [0.05, 0.1) is 6.10 Å². The first-order chi connectivity index (χ1) is 10.1. The maximum absolute atomic E-state index is 12.4. The highest BCUT2D eigenvalue weighted by Gasteiger charge is 2.25. The van der Waals surface area contributed by atoms with E-state index in [1.54, 1.807) is 0 Å². The van der Waals surface area contributed by atoms with Crippen molar-refractivity contribution >= 4 is 11.7 Å². The molecule has 0 spiro atoms. The van der Waals surface area contributed by atoms with E-state index >= 15 is 0 Å². The molecule has 4 heteroatoms. The molecule has 1 saturated heterocycles. The molecule has 0 bridgehead atoms. The smallest absolute Gasteiger partial charge is 0.322 e. The molecule has 1 aromatic rings. The van der Waals surface area contributed by atoms with Crippen LogP contribution in [0.25, 0.3) is 0 Å². The maximum atomic E-state index is 12.4.